The lowest BCUT2D eigenvalue weighted by Gasteiger charge is -2.04. The summed E-state index contributed by atoms with van der Waals surface area (Å²) in [5.41, 5.74) is 0.0748. The van der Waals surface area contributed by atoms with Crippen molar-refractivity contribution in [3.63, 3.8) is 0 Å². The molecule has 0 unspecified atom stereocenters. The molecule has 1 amide bonds. The molecule has 0 saturated heterocycles. The molecule has 1 heterocycles. The SMILES string of the molecule is O=C(NCc1nnc(SCc2cccc(F)c2)o1)c1c(F)cccc1F. The van der Waals surface area contributed by atoms with Crippen LogP contribution in [0.25, 0.3) is 0 Å². The van der Waals surface area contributed by atoms with Crippen molar-refractivity contribution >= 4 is 17.7 Å². The summed E-state index contributed by atoms with van der Waals surface area (Å²) in [4.78, 5) is 11.9. The Bertz CT molecular complexity index is 913. The number of carbonyl (C=O) groups is 1. The van der Waals surface area contributed by atoms with Gasteiger partial charge in [-0.25, -0.2) is 13.2 Å². The zero-order valence-corrected chi connectivity index (χ0v) is 14.0. The first-order valence-corrected chi connectivity index (χ1v) is 8.43. The van der Waals surface area contributed by atoms with E-state index in [4.69, 9.17) is 4.42 Å². The number of benzene rings is 2. The first-order chi connectivity index (χ1) is 12.5. The van der Waals surface area contributed by atoms with Crippen LogP contribution in [0.5, 0.6) is 0 Å². The Morgan fingerprint density at radius 3 is 2.54 bits per heavy atom. The van der Waals surface area contributed by atoms with E-state index in [1.807, 2.05) is 0 Å². The summed E-state index contributed by atoms with van der Waals surface area (Å²) in [6, 6.07) is 9.26. The van der Waals surface area contributed by atoms with E-state index in [1.54, 1.807) is 12.1 Å². The molecular formula is C17H12F3N3O2S. The largest absolute Gasteiger partial charge is 0.414 e. The predicted octanol–water partition coefficient (Wildman–Crippen LogP) is 3.71. The maximum atomic E-state index is 13.5. The molecule has 1 aromatic heterocycles. The van der Waals surface area contributed by atoms with Crippen LogP contribution in [0.2, 0.25) is 0 Å². The Labute approximate surface area is 150 Å². The van der Waals surface area contributed by atoms with Gasteiger partial charge in [-0.2, -0.15) is 0 Å². The van der Waals surface area contributed by atoms with Gasteiger partial charge in [0, 0.05) is 5.75 Å². The van der Waals surface area contributed by atoms with Gasteiger partial charge in [0.05, 0.1) is 6.54 Å². The van der Waals surface area contributed by atoms with E-state index in [-0.39, 0.29) is 23.5 Å². The highest BCUT2D eigenvalue weighted by Gasteiger charge is 2.17. The minimum atomic E-state index is -0.959. The fraction of sp³-hybridized carbons (Fsp3) is 0.118. The lowest BCUT2D eigenvalue weighted by atomic mass is 10.2. The van der Waals surface area contributed by atoms with E-state index >= 15 is 0 Å². The molecule has 5 nitrogen and oxygen atoms in total. The number of nitrogens with one attached hydrogen (secondary N) is 1. The van der Waals surface area contributed by atoms with Crippen LogP contribution in [-0.4, -0.2) is 16.1 Å². The second-order valence-electron chi connectivity index (χ2n) is 5.16. The third-order valence-electron chi connectivity index (χ3n) is 3.29. The van der Waals surface area contributed by atoms with Crippen LogP contribution >= 0.6 is 11.8 Å². The second-order valence-corrected chi connectivity index (χ2v) is 6.09. The molecule has 0 atom stereocenters. The number of aromatic nitrogens is 2. The number of hydrogen-bond donors (Lipinski definition) is 1. The average Bonchev–Trinajstić information content (AvgIpc) is 3.06. The monoisotopic (exact) mass is 379 g/mol. The predicted molar refractivity (Wildman–Crippen MR) is 87.8 cm³/mol. The van der Waals surface area contributed by atoms with Crippen LogP contribution in [0, 0.1) is 17.5 Å². The third-order valence-corrected chi connectivity index (χ3v) is 4.18. The summed E-state index contributed by atoms with van der Waals surface area (Å²) in [5.74, 6) is -2.67. The highest BCUT2D eigenvalue weighted by atomic mass is 32.2. The normalized spacial score (nSPS) is 10.7. The smallest absolute Gasteiger partial charge is 0.276 e. The average molecular weight is 379 g/mol. The van der Waals surface area contributed by atoms with Gasteiger partial charge in [-0.3, -0.25) is 4.79 Å². The van der Waals surface area contributed by atoms with E-state index in [2.05, 4.69) is 15.5 Å². The van der Waals surface area contributed by atoms with E-state index in [1.165, 1.54) is 30.0 Å². The summed E-state index contributed by atoms with van der Waals surface area (Å²) >= 11 is 1.20. The molecule has 1 N–H and O–H groups in total. The van der Waals surface area contributed by atoms with Gasteiger partial charge in [0.15, 0.2) is 0 Å². The molecule has 0 spiro atoms. The number of thioether (sulfide) groups is 1. The molecule has 0 saturated carbocycles. The fourth-order valence-corrected chi connectivity index (χ4v) is 2.82. The van der Waals surface area contributed by atoms with Crippen LogP contribution in [0.3, 0.4) is 0 Å². The molecule has 0 radical (unpaired) electrons. The van der Waals surface area contributed by atoms with E-state index < -0.39 is 23.1 Å². The zero-order valence-electron chi connectivity index (χ0n) is 13.2. The quantitative estimate of drug-likeness (QED) is 0.662. The minimum absolute atomic E-state index is 0.0804. The maximum Gasteiger partial charge on any atom is 0.276 e. The zero-order chi connectivity index (χ0) is 18.5. The maximum absolute atomic E-state index is 13.5. The van der Waals surface area contributed by atoms with Gasteiger partial charge in [0.2, 0.25) is 5.89 Å². The van der Waals surface area contributed by atoms with E-state index in [0.717, 1.165) is 17.7 Å². The van der Waals surface area contributed by atoms with Gasteiger partial charge in [-0.1, -0.05) is 30.0 Å². The van der Waals surface area contributed by atoms with Gasteiger partial charge in [-0.05, 0) is 29.8 Å². The van der Waals surface area contributed by atoms with Crippen molar-refractivity contribution < 1.29 is 22.4 Å². The molecule has 0 aliphatic heterocycles. The van der Waals surface area contributed by atoms with Crippen LogP contribution in [0.1, 0.15) is 21.8 Å². The Kier molecular flexibility index (Phi) is 5.57. The lowest BCUT2D eigenvalue weighted by molar-refractivity contribution is 0.0938. The summed E-state index contributed by atoms with van der Waals surface area (Å²) in [5, 5.41) is 10.1. The Balaban J connectivity index is 1.56. The van der Waals surface area contributed by atoms with Crippen molar-refractivity contribution in [2.24, 2.45) is 0 Å². The molecule has 9 heteroatoms. The Hall–Kier alpha value is -2.81. The summed E-state index contributed by atoms with van der Waals surface area (Å²) in [6.45, 7) is -0.180. The van der Waals surface area contributed by atoms with Crippen molar-refractivity contribution in [1.29, 1.82) is 0 Å². The van der Waals surface area contributed by atoms with Gasteiger partial charge in [0.1, 0.15) is 23.0 Å². The molecule has 0 fully saturated rings. The van der Waals surface area contributed by atoms with Crippen LogP contribution < -0.4 is 5.32 Å². The fourth-order valence-electron chi connectivity index (χ4n) is 2.10. The van der Waals surface area contributed by atoms with Gasteiger partial charge in [-0.15, -0.1) is 10.2 Å². The highest BCUT2D eigenvalue weighted by Crippen LogP contribution is 2.21. The number of hydrogen-bond acceptors (Lipinski definition) is 5. The molecule has 0 aliphatic carbocycles. The van der Waals surface area contributed by atoms with Crippen LogP contribution in [0.4, 0.5) is 13.2 Å². The molecule has 26 heavy (non-hydrogen) atoms. The third kappa shape index (κ3) is 4.42. The summed E-state index contributed by atoms with van der Waals surface area (Å²) < 4.78 is 45.5. The number of amides is 1. The molecule has 0 bridgehead atoms. The topological polar surface area (TPSA) is 68.0 Å². The van der Waals surface area contributed by atoms with Crippen LogP contribution in [0.15, 0.2) is 52.1 Å². The van der Waals surface area contributed by atoms with Crippen molar-refractivity contribution in [1.82, 2.24) is 15.5 Å². The molecular weight excluding hydrogens is 367 g/mol. The minimum Gasteiger partial charge on any atom is -0.414 e. The number of rotatable bonds is 6. The standard InChI is InChI=1S/C17H12F3N3O2S/c18-11-4-1-3-10(7-11)9-26-17-23-22-14(25-17)8-21-16(24)15-12(19)5-2-6-13(15)20/h1-7H,8-9H2,(H,21,24). The molecule has 3 aromatic rings. The van der Waals surface area contributed by atoms with Gasteiger partial charge >= 0.3 is 0 Å². The number of nitrogens with zero attached hydrogens (tertiary/aromatic N) is 2. The molecule has 2 aromatic carbocycles. The summed E-state index contributed by atoms with van der Waals surface area (Å²) in [7, 11) is 0. The van der Waals surface area contributed by atoms with Crippen molar-refractivity contribution in [3.05, 3.63) is 76.9 Å². The van der Waals surface area contributed by atoms with Crippen LogP contribution in [-0.2, 0) is 12.3 Å². The molecule has 0 aliphatic rings. The first kappa shape index (κ1) is 18.0. The van der Waals surface area contributed by atoms with E-state index in [0.29, 0.717) is 5.75 Å². The van der Waals surface area contributed by atoms with Crippen molar-refractivity contribution in [2.45, 2.75) is 17.5 Å². The van der Waals surface area contributed by atoms with E-state index in [9.17, 15) is 18.0 Å². The van der Waals surface area contributed by atoms with Crippen molar-refractivity contribution in [3.8, 4) is 0 Å². The molecule has 134 valence electrons. The first-order valence-electron chi connectivity index (χ1n) is 7.45. The van der Waals surface area contributed by atoms with Crippen molar-refractivity contribution in [2.75, 3.05) is 0 Å². The number of carbonyl (C=O) groups excluding carboxylic acids is 1. The Morgan fingerprint density at radius 1 is 1.08 bits per heavy atom. The summed E-state index contributed by atoms with van der Waals surface area (Å²) in [6.07, 6.45) is 0. The number of halogens is 3. The van der Waals surface area contributed by atoms with Gasteiger partial charge in [0.25, 0.3) is 11.1 Å². The second kappa shape index (κ2) is 8.05. The molecule has 3 rings (SSSR count). The Morgan fingerprint density at radius 2 is 1.81 bits per heavy atom. The highest BCUT2D eigenvalue weighted by molar-refractivity contribution is 7.98. The van der Waals surface area contributed by atoms with Gasteiger partial charge < -0.3 is 9.73 Å². The lowest BCUT2D eigenvalue weighted by Crippen LogP contribution is -2.25.